The molecule has 1 unspecified atom stereocenters. The van der Waals surface area contributed by atoms with Crippen LogP contribution in [0.3, 0.4) is 0 Å². The second kappa shape index (κ2) is 12.6. The van der Waals surface area contributed by atoms with Crippen LogP contribution in [-0.4, -0.2) is 3.71 Å². The monoisotopic (exact) mass is 662 g/mol. The van der Waals surface area contributed by atoms with Crippen molar-refractivity contribution >= 4 is 6.98 Å². The fourth-order valence-electron chi connectivity index (χ4n) is 6.72. The molecule has 3 aromatic carbocycles. The van der Waals surface area contributed by atoms with Crippen LogP contribution in [0.2, 0.25) is 0 Å². The minimum atomic E-state index is -2.54. The smallest absolute Gasteiger partial charge is 1.00 e. The van der Waals surface area contributed by atoms with Gasteiger partial charge in [-0.3, -0.25) is 0 Å². The summed E-state index contributed by atoms with van der Waals surface area (Å²) in [6, 6.07) is 23.4. The van der Waals surface area contributed by atoms with Crippen molar-refractivity contribution in [3.05, 3.63) is 109 Å². The van der Waals surface area contributed by atoms with E-state index >= 15 is 0 Å². The van der Waals surface area contributed by atoms with Crippen LogP contribution in [0.4, 0.5) is 0 Å². The van der Waals surface area contributed by atoms with Crippen molar-refractivity contribution in [3.8, 4) is 11.1 Å². The first-order valence-corrected chi connectivity index (χ1v) is 18.7. The molecule has 3 heteroatoms. The number of fused-ring (bicyclic) bond motifs is 3. The molecule has 0 heterocycles. The van der Waals surface area contributed by atoms with E-state index in [1.54, 1.807) is 28.8 Å². The zero-order chi connectivity index (χ0) is 28.3. The Morgan fingerprint density at radius 3 is 2.02 bits per heavy atom. The van der Waals surface area contributed by atoms with Crippen LogP contribution >= 0.6 is 0 Å². The summed E-state index contributed by atoms with van der Waals surface area (Å²) < 4.78 is 6.26. The Hall–Kier alpha value is -1.53. The number of halogens is 2. The van der Waals surface area contributed by atoms with Crippen molar-refractivity contribution in [1.82, 2.24) is 0 Å². The molecule has 0 radical (unpaired) electrons. The maximum absolute atomic E-state index is 2.75. The van der Waals surface area contributed by atoms with Crippen molar-refractivity contribution < 1.29 is 46.1 Å². The molecule has 0 aliphatic heterocycles. The van der Waals surface area contributed by atoms with Crippen LogP contribution < -0.4 is 28.1 Å². The average molecular weight is 665 g/mol. The Balaban J connectivity index is 0.00000231. The van der Waals surface area contributed by atoms with E-state index in [1.807, 2.05) is 0 Å². The molecule has 41 heavy (non-hydrogen) atoms. The number of benzene rings is 3. The van der Waals surface area contributed by atoms with Crippen LogP contribution in [0.15, 0.2) is 81.2 Å². The molecule has 3 aromatic rings. The first-order chi connectivity index (χ1) is 18.3. The third-order valence-corrected chi connectivity index (χ3v) is 16.5. The summed E-state index contributed by atoms with van der Waals surface area (Å²) >= 11 is -2.54. The summed E-state index contributed by atoms with van der Waals surface area (Å²) in [4.78, 5) is 0. The molecule has 0 amide bonds. The van der Waals surface area contributed by atoms with Gasteiger partial charge in [-0.2, -0.15) is 0 Å². The topological polar surface area (TPSA) is 0 Å². The zero-order valence-corrected chi connectivity index (χ0v) is 30.5. The van der Waals surface area contributed by atoms with Crippen molar-refractivity contribution in [2.24, 2.45) is 11.8 Å². The van der Waals surface area contributed by atoms with Crippen molar-refractivity contribution in [2.75, 3.05) is 0 Å². The number of allylic oxidation sites excluding steroid dienone is 4. The fourth-order valence-corrected chi connectivity index (χ4v) is 15.4. The molecule has 0 spiro atoms. The Morgan fingerprint density at radius 1 is 0.829 bits per heavy atom. The third-order valence-electron chi connectivity index (χ3n) is 8.76. The van der Waals surface area contributed by atoms with Crippen molar-refractivity contribution in [1.29, 1.82) is 0 Å². The van der Waals surface area contributed by atoms with Crippen LogP contribution in [0.25, 0.3) is 11.1 Å². The maximum Gasteiger partial charge on any atom is -1.00 e. The number of rotatable bonds is 4. The SMILES string of the molecule is CC1=[C](/[Zr+2](=[CH]/c2ccccc2)[c]2c(C(C)(C)C)ccc3c2Cc2cc(C(C)(C)C)ccc2-3)C(C)C=C1C(C)C.[Cl-].[Cl-]. The molecular formula is C38H46Cl2Zr. The van der Waals surface area contributed by atoms with E-state index in [4.69, 9.17) is 0 Å². The zero-order valence-electron chi connectivity index (χ0n) is 26.5. The molecule has 0 nitrogen and oxygen atoms in total. The van der Waals surface area contributed by atoms with Crippen LogP contribution in [0.5, 0.6) is 0 Å². The minimum absolute atomic E-state index is 0. The third kappa shape index (κ3) is 6.54. The molecule has 2 aliphatic rings. The molecule has 216 valence electrons. The quantitative estimate of drug-likeness (QED) is 0.314. The Bertz CT molecular complexity index is 1520. The minimum Gasteiger partial charge on any atom is -1.00 e. The fraction of sp³-hybridized carbons (Fsp3) is 0.395. The van der Waals surface area contributed by atoms with Crippen molar-refractivity contribution in [3.63, 3.8) is 0 Å². The van der Waals surface area contributed by atoms with E-state index in [-0.39, 0.29) is 35.6 Å². The molecular weight excluding hydrogens is 619 g/mol. The largest absolute Gasteiger partial charge is 1.00 e. The van der Waals surface area contributed by atoms with Crippen LogP contribution in [0, 0.1) is 11.8 Å². The van der Waals surface area contributed by atoms with Gasteiger partial charge >= 0.3 is 247 Å². The average Bonchev–Trinajstić information content (AvgIpc) is 3.38. The molecule has 0 N–H and O–H groups in total. The molecule has 1 atom stereocenters. The van der Waals surface area contributed by atoms with Gasteiger partial charge in [-0.1, -0.05) is 0 Å². The maximum atomic E-state index is 2.75. The van der Waals surface area contributed by atoms with E-state index < -0.39 is 21.3 Å². The number of hydrogen-bond acceptors (Lipinski definition) is 0. The van der Waals surface area contributed by atoms with E-state index in [9.17, 15) is 0 Å². The van der Waals surface area contributed by atoms with E-state index in [0.29, 0.717) is 11.8 Å². The van der Waals surface area contributed by atoms with Gasteiger partial charge in [-0.05, 0) is 0 Å². The molecule has 0 saturated carbocycles. The van der Waals surface area contributed by atoms with Gasteiger partial charge in [0.15, 0.2) is 0 Å². The van der Waals surface area contributed by atoms with Gasteiger partial charge in [0.1, 0.15) is 0 Å². The standard InChI is InChI=1S/C21H25.C10H15.C7H6.2ClH.Zr/c1-20(2,3)16-7-9-18-14(12-16)11-15-13-17(21(4,5)6)8-10-19(15)18;1-7(2)10-6-8(3)5-9(10)4;1-7-5-3-2-4-6-7;;;/h7-10,12H,11H2,1-6H3;6-8H,1-4H3;1-6H;2*1H;/q;;;;;+2/p-2. The van der Waals surface area contributed by atoms with Crippen LogP contribution in [0.1, 0.15) is 97.1 Å². The van der Waals surface area contributed by atoms with Gasteiger partial charge in [0.2, 0.25) is 0 Å². The van der Waals surface area contributed by atoms with Crippen LogP contribution in [-0.2, 0) is 38.5 Å². The molecule has 0 fully saturated rings. The Kier molecular flexibility index (Phi) is 10.4. The first-order valence-electron chi connectivity index (χ1n) is 14.8. The predicted octanol–water partition coefficient (Wildman–Crippen LogP) is 3.46. The predicted molar refractivity (Wildman–Crippen MR) is 168 cm³/mol. The van der Waals surface area contributed by atoms with Gasteiger partial charge in [0, 0.05) is 0 Å². The van der Waals surface area contributed by atoms with Gasteiger partial charge in [0.05, 0.1) is 0 Å². The molecule has 5 rings (SSSR count). The summed E-state index contributed by atoms with van der Waals surface area (Å²) in [5, 5.41) is 0. The Morgan fingerprint density at radius 2 is 1.46 bits per heavy atom. The van der Waals surface area contributed by atoms with Gasteiger partial charge in [0.25, 0.3) is 0 Å². The first kappa shape index (κ1) is 34.0. The summed E-state index contributed by atoms with van der Waals surface area (Å²) in [5.41, 5.74) is 13.9. The van der Waals surface area contributed by atoms with E-state index in [0.717, 1.165) is 6.42 Å². The normalized spacial score (nSPS) is 16.3. The summed E-state index contributed by atoms with van der Waals surface area (Å²) in [5.74, 6) is 1.08. The van der Waals surface area contributed by atoms with Crippen molar-refractivity contribution in [2.45, 2.75) is 86.5 Å². The molecule has 0 bridgehead atoms. The molecule has 0 aromatic heterocycles. The Labute approximate surface area is 269 Å². The summed E-state index contributed by atoms with van der Waals surface area (Å²) in [6.45, 7) is 23.8. The van der Waals surface area contributed by atoms with E-state index in [1.165, 1.54) is 27.8 Å². The summed E-state index contributed by atoms with van der Waals surface area (Å²) in [6.07, 6.45) is 3.64. The molecule has 2 aliphatic carbocycles. The van der Waals surface area contributed by atoms with Gasteiger partial charge < -0.3 is 24.8 Å². The van der Waals surface area contributed by atoms with E-state index in [2.05, 4.69) is 140 Å². The van der Waals surface area contributed by atoms with Gasteiger partial charge in [-0.25, -0.2) is 0 Å². The van der Waals surface area contributed by atoms with Gasteiger partial charge in [-0.15, -0.1) is 0 Å². The summed E-state index contributed by atoms with van der Waals surface area (Å²) in [7, 11) is 0. The number of hydrogen-bond donors (Lipinski definition) is 0. The molecule has 0 saturated heterocycles. The second-order valence-corrected chi connectivity index (χ2v) is 19.4. The second-order valence-electron chi connectivity index (χ2n) is 14.1.